The van der Waals surface area contributed by atoms with Crippen molar-refractivity contribution in [1.82, 2.24) is 9.80 Å². The van der Waals surface area contributed by atoms with Crippen LogP contribution >= 0.6 is 0 Å². The highest BCUT2D eigenvalue weighted by molar-refractivity contribution is 5.59. The fourth-order valence-corrected chi connectivity index (χ4v) is 1.46. The van der Waals surface area contributed by atoms with Crippen molar-refractivity contribution >= 4 is 6.16 Å². The fraction of sp³-hybridized carbons (Fsp3) is 0.900. The predicted molar refractivity (Wildman–Crippen MR) is 58.7 cm³/mol. The molecule has 0 saturated carbocycles. The van der Waals surface area contributed by atoms with Crippen molar-refractivity contribution < 1.29 is 14.3 Å². The van der Waals surface area contributed by atoms with Crippen molar-refractivity contribution in [3.8, 4) is 0 Å². The van der Waals surface area contributed by atoms with Crippen LogP contribution in [0.1, 0.15) is 13.8 Å². The molecule has 2 unspecified atom stereocenters. The quantitative estimate of drug-likeness (QED) is 0.567. The van der Waals surface area contributed by atoms with Crippen molar-refractivity contribution in [3.05, 3.63) is 0 Å². The molecule has 1 heterocycles. The van der Waals surface area contributed by atoms with E-state index in [0.717, 1.165) is 6.04 Å². The van der Waals surface area contributed by atoms with Crippen molar-refractivity contribution in [1.29, 1.82) is 0 Å². The van der Waals surface area contributed by atoms with Gasteiger partial charge < -0.3 is 9.47 Å². The molecule has 0 aromatic rings. The van der Waals surface area contributed by atoms with Gasteiger partial charge in [0.05, 0.1) is 20.4 Å². The highest BCUT2D eigenvalue weighted by Crippen LogP contribution is 2.14. The summed E-state index contributed by atoms with van der Waals surface area (Å²) in [5.41, 5.74) is 0. The maximum Gasteiger partial charge on any atom is 0.507 e. The van der Waals surface area contributed by atoms with Crippen LogP contribution in [0.3, 0.4) is 0 Å². The van der Waals surface area contributed by atoms with Gasteiger partial charge in [-0.15, -0.1) is 0 Å². The summed E-state index contributed by atoms with van der Waals surface area (Å²) in [4.78, 5) is 14.5. The molecule has 0 aromatic carbocycles. The molecule has 2 atom stereocenters. The van der Waals surface area contributed by atoms with E-state index in [-0.39, 0.29) is 0 Å². The monoisotopic (exact) mass is 218 g/mol. The molecule has 0 N–H and O–H groups in total. The lowest BCUT2D eigenvalue weighted by atomic mass is 10.3. The Bertz CT molecular complexity index is 181. The third-order valence-electron chi connectivity index (χ3n) is 2.81. The molecule has 5 heteroatoms. The van der Waals surface area contributed by atoms with Crippen molar-refractivity contribution in [2.75, 3.05) is 34.9 Å². The van der Waals surface area contributed by atoms with E-state index < -0.39 is 6.16 Å². The van der Waals surface area contributed by atoms with E-state index in [1.54, 1.807) is 0 Å². The number of likely N-dealkylation sites (N-methyl/N-ethyl adjacent to an activating group) is 2. The molecule has 0 amide bonds. The number of hydrogen-bond acceptors (Lipinski definition) is 5. The number of rotatable bonds is 0. The molecule has 0 spiro atoms. The van der Waals surface area contributed by atoms with E-state index >= 15 is 0 Å². The van der Waals surface area contributed by atoms with Crippen molar-refractivity contribution in [2.45, 2.75) is 26.1 Å². The van der Waals surface area contributed by atoms with Gasteiger partial charge in [0.15, 0.2) is 0 Å². The van der Waals surface area contributed by atoms with E-state index in [1.807, 2.05) is 0 Å². The SMILES string of the molecule is CC1CN(C)C(C)N1C.COC(=O)OC. The number of ether oxygens (including phenoxy) is 2. The third-order valence-corrected chi connectivity index (χ3v) is 2.81. The Kier molecular flexibility index (Phi) is 6.27. The Morgan fingerprint density at radius 3 is 1.73 bits per heavy atom. The van der Waals surface area contributed by atoms with Crippen LogP contribution in [0.4, 0.5) is 4.79 Å². The molecule has 1 saturated heterocycles. The predicted octanol–water partition coefficient (Wildman–Crippen LogP) is 0.997. The molecule has 1 aliphatic rings. The molecule has 15 heavy (non-hydrogen) atoms. The second-order valence-electron chi connectivity index (χ2n) is 3.74. The van der Waals surface area contributed by atoms with Gasteiger partial charge in [-0.25, -0.2) is 4.79 Å². The number of nitrogens with zero attached hydrogens (tertiary/aromatic N) is 2. The Balaban J connectivity index is 0.000000288. The second kappa shape index (κ2) is 6.63. The van der Waals surface area contributed by atoms with Crippen LogP contribution in [0.5, 0.6) is 0 Å². The molecule has 0 radical (unpaired) electrons. The fourth-order valence-electron chi connectivity index (χ4n) is 1.46. The largest absolute Gasteiger partial charge is 0.507 e. The molecule has 0 bridgehead atoms. The summed E-state index contributed by atoms with van der Waals surface area (Å²) in [6, 6.07) is 0.727. The molecule has 1 aliphatic heterocycles. The van der Waals surface area contributed by atoms with Crippen LogP contribution in [0.2, 0.25) is 0 Å². The standard InChI is InChI=1S/C7H16N2.C3H6O3/c1-6-5-8(3)7(2)9(6)4;1-5-3(4)6-2/h6-7H,5H2,1-4H3;1-2H3. The maximum atomic E-state index is 9.74. The zero-order valence-electron chi connectivity index (χ0n) is 10.5. The van der Waals surface area contributed by atoms with Gasteiger partial charge in [0.25, 0.3) is 0 Å². The van der Waals surface area contributed by atoms with E-state index in [0.29, 0.717) is 6.17 Å². The van der Waals surface area contributed by atoms with Crippen LogP contribution in [-0.4, -0.2) is 63.0 Å². The Labute approximate surface area is 91.9 Å². The molecule has 90 valence electrons. The molecule has 0 aromatic heterocycles. The van der Waals surface area contributed by atoms with Crippen molar-refractivity contribution in [3.63, 3.8) is 0 Å². The van der Waals surface area contributed by atoms with Gasteiger partial charge in [0.1, 0.15) is 0 Å². The highest BCUT2D eigenvalue weighted by Gasteiger charge is 2.27. The lowest BCUT2D eigenvalue weighted by Gasteiger charge is -2.21. The number of carbonyl (C=O) groups is 1. The lowest BCUT2D eigenvalue weighted by Crippen LogP contribution is -2.32. The van der Waals surface area contributed by atoms with E-state index in [4.69, 9.17) is 0 Å². The minimum absolute atomic E-state index is 0.625. The summed E-state index contributed by atoms with van der Waals surface area (Å²) >= 11 is 0. The third kappa shape index (κ3) is 4.48. The summed E-state index contributed by atoms with van der Waals surface area (Å²) in [7, 11) is 6.86. The van der Waals surface area contributed by atoms with Gasteiger partial charge in [-0.05, 0) is 27.9 Å². The van der Waals surface area contributed by atoms with Crippen LogP contribution in [-0.2, 0) is 9.47 Å². The normalized spacial score (nSPS) is 26.8. The molecule has 0 aliphatic carbocycles. The van der Waals surface area contributed by atoms with Gasteiger partial charge >= 0.3 is 6.16 Å². The average Bonchev–Trinajstić information content (AvgIpc) is 2.45. The van der Waals surface area contributed by atoms with Crippen LogP contribution in [0.15, 0.2) is 0 Å². The van der Waals surface area contributed by atoms with Crippen LogP contribution < -0.4 is 0 Å². The number of hydrogen-bond donors (Lipinski definition) is 0. The summed E-state index contributed by atoms with van der Waals surface area (Å²) < 4.78 is 8.08. The first kappa shape index (κ1) is 14.2. The molecule has 1 rings (SSSR count). The minimum Gasteiger partial charge on any atom is -0.438 e. The topological polar surface area (TPSA) is 42.0 Å². The number of methoxy groups -OCH3 is 2. The van der Waals surface area contributed by atoms with Crippen LogP contribution in [0, 0.1) is 0 Å². The highest BCUT2D eigenvalue weighted by atomic mass is 16.7. The van der Waals surface area contributed by atoms with Gasteiger partial charge in [-0.2, -0.15) is 0 Å². The first-order valence-electron chi connectivity index (χ1n) is 4.98. The number of carbonyl (C=O) groups excluding carboxylic acids is 1. The Hall–Kier alpha value is -0.810. The van der Waals surface area contributed by atoms with Crippen LogP contribution in [0.25, 0.3) is 0 Å². The first-order chi connectivity index (χ1) is 6.93. The van der Waals surface area contributed by atoms with E-state index in [9.17, 15) is 4.79 Å². The molecule has 1 fully saturated rings. The molecule has 5 nitrogen and oxygen atoms in total. The van der Waals surface area contributed by atoms with E-state index in [1.165, 1.54) is 20.8 Å². The first-order valence-corrected chi connectivity index (χ1v) is 4.98. The van der Waals surface area contributed by atoms with Gasteiger partial charge in [-0.3, -0.25) is 9.80 Å². The average molecular weight is 218 g/mol. The van der Waals surface area contributed by atoms with Crippen molar-refractivity contribution in [2.24, 2.45) is 0 Å². The van der Waals surface area contributed by atoms with Gasteiger partial charge in [-0.1, -0.05) is 0 Å². The van der Waals surface area contributed by atoms with Gasteiger partial charge in [0.2, 0.25) is 0 Å². The minimum atomic E-state index is -0.657. The lowest BCUT2D eigenvalue weighted by molar-refractivity contribution is 0.0924. The Morgan fingerprint density at radius 2 is 1.67 bits per heavy atom. The summed E-state index contributed by atoms with van der Waals surface area (Å²) in [5, 5.41) is 0. The maximum absolute atomic E-state index is 9.74. The zero-order valence-corrected chi connectivity index (χ0v) is 10.5. The van der Waals surface area contributed by atoms with Gasteiger partial charge in [0, 0.05) is 12.6 Å². The zero-order chi connectivity index (χ0) is 12.0. The molecular weight excluding hydrogens is 196 g/mol. The van der Waals surface area contributed by atoms with E-state index in [2.05, 4.69) is 47.2 Å². The smallest absolute Gasteiger partial charge is 0.438 e. The summed E-state index contributed by atoms with van der Waals surface area (Å²) in [6.45, 7) is 5.71. The summed E-state index contributed by atoms with van der Waals surface area (Å²) in [5.74, 6) is 0. The second-order valence-corrected chi connectivity index (χ2v) is 3.74. The molecular formula is C10H22N2O3. The summed E-state index contributed by atoms with van der Waals surface area (Å²) in [6.07, 6.45) is -0.0324. The Morgan fingerprint density at radius 1 is 1.20 bits per heavy atom.